The van der Waals surface area contributed by atoms with Crippen LogP contribution in [0.1, 0.15) is 25.0 Å². The molecule has 86 valence electrons. The first-order chi connectivity index (χ1) is 8.35. The molecule has 0 atom stereocenters. The summed E-state index contributed by atoms with van der Waals surface area (Å²) in [5.74, 6) is 0. The van der Waals surface area contributed by atoms with E-state index in [-0.39, 0.29) is 0 Å². The molecule has 0 radical (unpaired) electrons. The summed E-state index contributed by atoms with van der Waals surface area (Å²) in [5.41, 5.74) is 5.43. The molecule has 1 nitrogen and oxygen atoms in total. The third-order valence-electron chi connectivity index (χ3n) is 3.60. The second-order valence-electron chi connectivity index (χ2n) is 4.51. The van der Waals surface area contributed by atoms with Gasteiger partial charge in [-0.1, -0.05) is 50.2 Å². The molecule has 0 amide bonds. The van der Waals surface area contributed by atoms with Gasteiger partial charge in [-0.15, -0.1) is 0 Å². The number of rotatable bonds is 2. The van der Waals surface area contributed by atoms with Crippen molar-refractivity contribution in [2.75, 3.05) is 0 Å². The van der Waals surface area contributed by atoms with Crippen LogP contribution < -0.4 is 0 Å². The first kappa shape index (κ1) is 10.4. The second kappa shape index (κ2) is 3.92. The SMILES string of the molecule is CCc1cccc2c1[nH]c1c(CC)cccc12. The standard InChI is InChI=1S/C16H17N/c1-3-11-7-5-9-13-14-10-6-8-12(4-2)16(14)17-15(11)13/h5-10,17H,3-4H2,1-2H3. The van der Waals surface area contributed by atoms with Gasteiger partial charge in [0, 0.05) is 21.8 Å². The molecular weight excluding hydrogens is 206 g/mol. The summed E-state index contributed by atoms with van der Waals surface area (Å²) in [5, 5.41) is 2.71. The van der Waals surface area contributed by atoms with Gasteiger partial charge in [-0.25, -0.2) is 0 Å². The normalized spacial score (nSPS) is 11.4. The van der Waals surface area contributed by atoms with Gasteiger partial charge >= 0.3 is 0 Å². The average Bonchev–Trinajstić information content (AvgIpc) is 2.77. The number of nitrogens with one attached hydrogen (secondary N) is 1. The fourth-order valence-electron chi connectivity index (χ4n) is 2.66. The van der Waals surface area contributed by atoms with E-state index in [2.05, 4.69) is 55.2 Å². The van der Waals surface area contributed by atoms with Gasteiger partial charge in [0.2, 0.25) is 0 Å². The Morgan fingerprint density at radius 3 is 1.65 bits per heavy atom. The number of hydrogen-bond acceptors (Lipinski definition) is 0. The van der Waals surface area contributed by atoms with Crippen LogP contribution >= 0.6 is 0 Å². The maximum Gasteiger partial charge on any atom is 0.0497 e. The summed E-state index contributed by atoms with van der Waals surface area (Å²) in [4.78, 5) is 3.62. The van der Waals surface area contributed by atoms with E-state index >= 15 is 0 Å². The minimum atomic E-state index is 1.08. The van der Waals surface area contributed by atoms with Crippen LogP contribution in [0.5, 0.6) is 0 Å². The lowest BCUT2D eigenvalue weighted by atomic mass is 10.1. The van der Waals surface area contributed by atoms with Crippen LogP contribution in [0.25, 0.3) is 21.8 Å². The maximum absolute atomic E-state index is 3.62. The Labute approximate surface area is 101 Å². The Balaban J connectivity index is 2.49. The predicted octanol–water partition coefficient (Wildman–Crippen LogP) is 4.45. The third kappa shape index (κ3) is 1.46. The van der Waals surface area contributed by atoms with E-state index < -0.39 is 0 Å². The number of fused-ring (bicyclic) bond motifs is 3. The van der Waals surface area contributed by atoms with Crippen molar-refractivity contribution in [1.82, 2.24) is 4.98 Å². The van der Waals surface area contributed by atoms with Crippen molar-refractivity contribution in [3.8, 4) is 0 Å². The fraction of sp³-hybridized carbons (Fsp3) is 0.250. The van der Waals surface area contributed by atoms with Gasteiger partial charge in [0.1, 0.15) is 0 Å². The van der Waals surface area contributed by atoms with Gasteiger partial charge in [0.25, 0.3) is 0 Å². The van der Waals surface area contributed by atoms with Crippen molar-refractivity contribution in [3.63, 3.8) is 0 Å². The Hall–Kier alpha value is -1.76. The topological polar surface area (TPSA) is 15.8 Å². The zero-order valence-corrected chi connectivity index (χ0v) is 10.4. The molecule has 1 heterocycles. The van der Waals surface area contributed by atoms with Gasteiger partial charge < -0.3 is 4.98 Å². The zero-order chi connectivity index (χ0) is 11.8. The maximum atomic E-state index is 3.62. The lowest BCUT2D eigenvalue weighted by molar-refractivity contribution is 1.14. The molecule has 0 fully saturated rings. The van der Waals surface area contributed by atoms with Gasteiger partial charge in [-0.05, 0) is 24.0 Å². The van der Waals surface area contributed by atoms with Crippen molar-refractivity contribution in [2.45, 2.75) is 26.7 Å². The summed E-state index contributed by atoms with van der Waals surface area (Å²) in [6.45, 7) is 4.42. The molecule has 0 unspecified atom stereocenters. The van der Waals surface area contributed by atoms with Crippen molar-refractivity contribution >= 4 is 21.8 Å². The van der Waals surface area contributed by atoms with E-state index in [1.54, 1.807) is 0 Å². The highest BCUT2D eigenvalue weighted by atomic mass is 14.7. The molecule has 0 aliphatic carbocycles. The molecule has 0 aliphatic heterocycles. The molecule has 0 bridgehead atoms. The summed E-state index contributed by atoms with van der Waals surface area (Å²) in [6.07, 6.45) is 2.15. The number of hydrogen-bond donors (Lipinski definition) is 1. The first-order valence-corrected chi connectivity index (χ1v) is 6.36. The summed E-state index contributed by atoms with van der Waals surface area (Å²) in [6, 6.07) is 13.2. The molecule has 3 rings (SSSR count). The molecule has 0 spiro atoms. The highest BCUT2D eigenvalue weighted by Gasteiger charge is 2.08. The van der Waals surface area contributed by atoms with Crippen molar-refractivity contribution in [2.24, 2.45) is 0 Å². The van der Waals surface area contributed by atoms with Crippen LogP contribution in [0.3, 0.4) is 0 Å². The van der Waals surface area contributed by atoms with Crippen molar-refractivity contribution < 1.29 is 0 Å². The van der Waals surface area contributed by atoms with Gasteiger partial charge in [-0.3, -0.25) is 0 Å². The predicted molar refractivity (Wildman–Crippen MR) is 74.6 cm³/mol. The number of para-hydroxylation sites is 2. The highest BCUT2D eigenvalue weighted by Crippen LogP contribution is 2.29. The molecule has 17 heavy (non-hydrogen) atoms. The van der Waals surface area contributed by atoms with Crippen molar-refractivity contribution in [3.05, 3.63) is 47.5 Å². The smallest absolute Gasteiger partial charge is 0.0497 e. The fourth-order valence-corrected chi connectivity index (χ4v) is 2.66. The molecular formula is C16H17N. The lowest BCUT2D eigenvalue weighted by Crippen LogP contribution is -1.82. The van der Waals surface area contributed by atoms with Gasteiger partial charge in [-0.2, -0.15) is 0 Å². The first-order valence-electron chi connectivity index (χ1n) is 6.36. The number of aromatic nitrogens is 1. The van der Waals surface area contributed by atoms with Crippen LogP contribution in [0.2, 0.25) is 0 Å². The van der Waals surface area contributed by atoms with Crippen LogP contribution in [-0.4, -0.2) is 4.98 Å². The minimum absolute atomic E-state index is 1.08. The molecule has 2 aromatic carbocycles. The Bertz CT molecular complexity index is 618. The molecule has 0 aliphatic rings. The van der Waals surface area contributed by atoms with Crippen LogP contribution in [0, 0.1) is 0 Å². The van der Waals surface area contributed by atoms with E-state index in [0.29, 0.717) is 0 Å². The highest BCUT2D eigenvalue weighted by molar-refractivity contribution is 6.09. The number of benzene rings is 2. The summed E-state index contributed by atoms with van der Waals surface area (Å²) < 4.78 is 0. The van der Waals surface area contributed by atoms with Gasteiger partial charge in [0.05, 0.1) is 0 Å². The molecule has 1 N–H and O–H groups in total. The lowest BCUT2D eigenvalue weighted by Gasteiger charge is -1.97. The molecule has 3 aromatic rings. The van der Waals surface area contributed by atoms with E-state index in [1.807, 2.05) is 0 Å². The van der Waals surface area contributed by atoms with Crippen LogP contribution in [-0.2, 0) is 12.8 Å². The van der Waals surface area contributed by atoms with Crippen LogP contribution in [0.4, 0.5) is 0 Å². The number of aryl methyl sites for hydroxylation is 2. The van der Waals surface area contributed by atoms with Crippen LogP contribution in [0.15, 0.2) is 36.4 Å². The Morgan fingerprint density at radius 1 is 0.765 bits per heavy atom. The number of H-pyrrole nitrogens is 1. The summed E-state index contributed by atoms with van der Waals surface area (Å²) >= 11 is 0. The summed E-state index contributed by atoms with van der Waals surface area (Å²) in [7, 11) is 0. The molecule has 1 heteroatoms. The Kier molecular flexibility index (Phi) is 2.40. The second-order valence-corrected chi connectivity index (χ2v) is 4.51. The zero-order valence-electron chi connectivity index (χ0n) is 10.4. The quantitative estimate of drug-likeness (QED) is 0.660. The minimum Gasteiger partial charge on any atom is -0.354 e. The molecule has 0 saturated heterocycles. The van der Waals surface area contributed by atoms with Gasteiger partial charge in [0.15, 0.2) is 0 Å². The average molecular weight is 223 g/mol. The van der Waals surface area contributed by atoms with E-state index in [9.17, 15) is 0 Å². The largest absolute Gasteiger partial charge is 0.354 e. The van der Waals surface area contributed by atoms with Crippen molar-refractivity contribution in [1.29, 1.82) is 0 Å². The third-order valence-corrected chi connectivity index (χ3v) is 3.60. The monoisotopic (exact) mass is 223 g/mol. The molecule has 1 aromatic heterocycles. The number of aromatic amines is 1. The van der Waals surface area contributed by atoms with E-state index in [4.69, 9.17) is 0 Å². The van der Waals surface area contributed by atoms with E-state index in [1.165, 1.54) is 32.9 Å². The van der Waals surface area contributed by atoms with E-state index in [0.717, 1.165) is 12.8 Å². The molecule has 0 saturated carbocycles. The Morgan fingerprint density at radius 2 is 1.24 bits per heavy atom.